The number of hydrogen-bond acceptors (Lipinski definition) is 8. The normalized spacial score (nSPS) is 13.7. The smallest absolute Gasteiger partial charge is 0.292 e. The lowest BCUT2D eigenvalue weighted by atomic mass is 10.1. The molecule has 0 aliphatic heterocycles. The van der Waals surface area contributed by atoms with Gasteiger partial charge in [0.25, 0.3) is 0 Å². The van der Waals surface area contributed by atoms with Crippen molar-refractivity contribution in [2.24, 2.45) is 0 Å². The van der Waals surface area contributed by atoms with Crippen molar-refractivity contribution in [3.63, 3.8) is 0 Å². The zero-order chi connectivity index (χ0) is 20.1. The summed E-state index contributed by atoms with van der Waals surface area (Å²) in [5.41, 5.74) is 2.28. The first-order chi connectivity index (χ1) is 14.0. The van der Waals surface area contributed by atoms with Crippen LogP contribution in [-0.4, -0.2) is 20.2 Å². The summed E-state index contributed by atoms with van der Waals surface area (Å²) in [7, 11) is 0. The van der Waals surface area contributed by atoms with Crippen molar-refractivity contribution in [3.05, 3.63) is 62.2 Å². The minimum absolute atomic E-state index is 0.0551. The lowest BCUT2D eigenvalue weighted by Crippen LogP contribution is -2.13. The van der Waals surface area contributed by atoms with E-state index < -0.39 is 4.92 Å². The molecule has 29 heavy (non-hydrogen) atoms. The van der Waals surface area contributed by atoms with E-state index in [0.29, 0.717) is 11.5 Å². The van der Waals surface area contributed by atoms with Crippen LogP contribution in [0.25, 0.3) is 11.0 Å². The van der Waals surface area contributed by atoms with Crippen molar-refractivity contribution in [2.75, 3.05) is 4.90 Å². The van der Waals surface area contributed by atoms with Gasteiger partial charge in [-0.1, -0.05) is 0 Å². The van der Waals surface area contributed by atoms with E-state index in [1.807, 2.05) is 17.2 Å². The topological polar surface area (TPSA) is 98.2 Å². The van der Waals surface area contributed by atoms with Gasteiger partial charge in [-0.3, -0.25) is 15.0 Å². The number of non-ortho nitro benzene ring substituents is 1. The lowest BCUT2D eigenvalue weighted by molar-refractivity contribution is -0.383. The van der Waals surface area contributed by atoms with Crippen molar-refractivity contribution in [1.29, 1.82) is 0 Å². The molecule has 0 radical (unpaired) electrons. The molecule has 2 aromatic heterocycles. The Balaban J connectivity index is 1.78. The third-order valence-corrected chi connectivity index (χ3v) is 5.66. The van der Waals surface area contributed by atoms with Gasteiger partial charge in [0.1, 0.15) is 11.6 Å². The highest BCUT2D eigenvalue weighted by Crippen LogP contribution is 2.49. The molecule has 4 aromatic rings. The average Bonchev–Trinajstić information content (AvgIpc) is 3.27. The van der Waals surface area contributed by atoms with Crippen LogP contribution in [0.3, 0.4) is 0 Å². The molecule has 10 heteroatoms. The summed E-state index contributed by atoms with van der Waals surface area (Å²) in [5, 5.41) is 21.7. The summed E-state index contributed by atoms with van der Waals surface area (Å²) in [6.45, 7) is 1.89. The molecule has 1 saturated carbocycles. The Bertz CT molecular complexity index is 1250. The van der Waals surface area contributed by atoms with Crippen LogP contribution in [0.5, 0.6) is 0 Å². The zero-order valence-corrected chi connectivity index (χ0v) is 16.0. The molecule has 0 atom stereocenters. The summed E-state index contributed by atoms with van der Waals surface area (Å²) in [5.74, 6) is 0.591. The fraction of sp³-hybridized carbons (Fsp3) is 0.211. The van der Waals surface area contributed by atoms with Gasteiger partial charge in [-0.15, -0.1) is 11.3 Å². The van der Waals surface area contributed by atoms with Crippen LogP contribution < -0.4 is 4.90 Å². The van der Waals surface area contributed by atoms with Crippen LogP contribution in [-0.2, 0) is 0 Å². The van der Waals surface area contributed by atoms with Gasteiger partial charge in [0.15, 0.2) is 5.52 Å². The van der Waals surface area contributed by atoms with Gasteiger partial charge in [0.2, 0.25) is 5.52 Å². The summed E-state index contributed by atoms with van der Waals surface area (Å²) in [6, 6.07) is 7.62. The van der Waals surface area contributed by atoms with Gasteiger partial charge >= 0.3 is 5.69 Å². The van der Waals surface area contributed by atoms with Crippen molar-refractivity contribution in [1.82, 2.24) is 15.3 Å². The van der Waals surface area contributed by atoms with Crippen LogP contribution in [0.4, 0.5) is 27.3 Å². The number of nitrogens with zero attached hydrogens (tertiary/aromatic N) is 5. The number of nitro benzene ring substituents is 1. The maximum Gasteiger partial charge on any atom is 0.300 e. The van der Waals surface area contributed by atoms with Gasteiger partial charge < -0.3 is 0 Å². The Kier molecular flexibility index (Phi) is 4.02. The molecule has 0 amide bonds. The first-order valence-electron chi connectivity index (χ1n) is 8.94. The molecular formula is C19H14FN5O3S. The summed E-state index contributed by atoms with van der Waals surface area (Å²) in [4.78, 5) is 17.3. The largest absolute Gasteiger partial charge is 0.300 e. The number of thiazole rings is 1. The third kappa shape index (κ3) is 3.01. The molecule has 1 aliphatic rings. The number of aryl methyl sites for hydroxylation is 1. The quantitative estimate of drug-likeness (QED) is 0.321. The molecule has 0 saturated heterocycles. The molecule has 0 unspecified atom stereocenters. The predicted octanol–water partition coefficient (Wildman–Crippen LogP) is 5.38. The fourth-order valence-electron chi connectivity index (χ4n) is 3.45. The fourth-order valence-corrected chi connectivity index (χ4v) is 4.03. The maximum atomic E-state index is 14.0. The number of benzene rings is 2. The molecule has 1 fully saturated rings. The number of anilines is 3. The average molecular weight is 411 g/mol. The van der Waals surface area contributed by atoms with E-state index >= 15 is 0 Å². The van der Waals surface area contributed by atoms with E-state index in [1.165, 1.54) is 23.5 Å². The lowest BCUT2D eigenvalue weighted by Gasteiger charge is -2.25. The number of halogens is 1. The highest BCUT2D eigenvalue weighted by atomic mass is 32.1. The second-order valence-electron chi connectivity index (χ2n) is 6.86. The van der Waals surface area contributed by atoms with Gasteiger partial charge in [0.05, 0.1) is 21.3 Å². The first-order valence-corrected chi connectivity index (χ1v) is 9.82. The molecule has 2 heterocycles. The summed E-state index contributed by atoms with van der Waals surface area (Å²) >= 11 is 1.48. The molecule has 8 nitrogen and oxygen atoms in total. The number of hydrogen-bond donors (Lipinski definition) is 0. The van der Waals surface area contributed by atoms with E-state index in [1.54, 1.807) is 18.2 Å². The van der Waals surface area contributed by atoms with E-state index in [4.69, 9.17) is 4.63 Å². The summed E-state index contributed by atoms with van der Waals surface area (Å²) in [6.07, 6.45) is 1.98. The number of rotatable bonds is 5. The van der Waals surface area contributed by atoms with Crippen molar-refractivity contribution in [2.45, 2.75) is 25.7 Å². The standard InChI is InChI=1S/C19H14FN5O3S/c1-10-21-17(9-29-10)24(14-5-4-12(20)8-13(14)11-2-3-11)15-6-7-16(25(26)27)19-18(15)22-28-23-19/h4-9,11H,2-3H2,1H3. The molecular weight excluding hydrogens is 397 g/mol. The highest BCUT2D eigenvalue weighted by Gasteiger charge is 2.31. The third-order valence-electron chi connectivity index (χ3n) is 4.89. The zero-order valence-electron chi connectivity index (χ0n) is 15.2. The van der Waals surface area contributed by atoms with E-state index in [2.05, 4.69) is 15.3 Å². The Hall–Kier alpha value is -3.40. The number of aromatic nitrogens is 3. The Labute approximate surface area is 167 Å². The second kappa shape index (κ2) is 6.59. The first kappa shape index (κ1) is 17.7. The van der Waals surface area contributed by atoms with Crippen LogP contribution in [0.2, 0.25) is 0 Å². The molecule has 1 aliphatic carbocycles. The van der Waals surface area contributed by atoms with Gasteiger partial charge in [0, 0.05) is 11.4 Å². The van der Waals surface area contributed by atoms with Crippen LogP contribution >= 0.6 is 11.3 Å². The monoisotopic (exact) mass is 411 g/mol. The maximum absolute atomic E-state index is 14.0. The Morgan fingerprint density at radius 3 is 2.66 bits per heavy atom. The van der Waals surface area contributed by atoms with E-state index in [0.717, 1.165) is 29.1 Å². The molecule has 5 rings (SSSR count). The molecule has 2 aromatic carbocycles. The number of nitro groups is 1. The minimum Gasteiger partial charge on any atom is -0.292 e. The molecule has 0 spiro atoms. The predicted molar refractivity (Wildman–Crippen MR) is 105 cm³/mol. The van der Waals surface area contributed by atoms with Crippen molar-refractivity contribution < 1.29 is 13.9 Å². The SMILES string of the molecule is Cc1nc(N(c2ccc(F)cc2C2CC2)c2ccc([N+](=O)[O-])c3nonc23)cs1. The molecule has 146 valence electrons. The van der Waals surface area contributed by atoms with Crippen LogP contribution in [0, 0.1) is 22.9 Å². The molecule has 0 N–H and O–H groups in total. The highest BCUT2D eigenvalue weighted by molar-refractivity contribution is 7.09. The van der Waals surface area contributed by atoms with Gasteiger partial charge in [-0.25, -0.2) is 14.0 Å². The van der Waals surface area contributed by atoms with Crippen LogP contribution in [0.1, 0.15) is 29.3 Å². The van der Waals surface area contributed by atoms with Crippen molar-refractivity contribution >= 4 is 45.3 Å². The Morgan fingerprint density at radius 2 is 1.97 bits per heavy atom. The van der Waals surface area contributed by atoms with E-state index in [-0.39, 0.29) is 28.5 Å². The molecule has 0 bridgehead atoms. The van der Waals surface area contributed by atoms with Crippen molar-refractivity contribution in [3.8, 4) is 0 Å². The summed E-state index contributed by atoms with van der Waals surface area (Å²) < 4.78 is 18.8. The van der Waals surface area contributed by atoms with Gasteiger partial charge in [-0.2, -0.15) is 0 Å². The van der Waals surface area contributed by atoms with E-state index in [9.17, 15) is 14.5 Å². The van der Waals surface area contributed by atoms with Crippen LogP contribution in [0.15, 0.2) is 40.3 Å². The Morgan fingerprint density at radius 1 is 1.21 bits per heavy atom. The second-order valence-corrected chi connectivity index (χ2v) is 7.92. The number of fused-ring (bicyclic) bond motifs is 1. The minimum atomic E-state index is -0.527. The van der Waals surface area contributed by atoms with Gasteiger partial charge in [-0.05, 0) is 65.8 Å².